The molecule has 3 rings (SSSR count). The number of nitrogens with zero attached hydrogens (tertiary/aromatic N) is 1. The van der Waals surface area contributed by atoms with Crippen molar-refractivity contribution in [3.05, 3.63) is 58.6 Å². The summed E-state index contributed by atoms with van der Waals surface area (Å²) in [5, 5.41) is 3.47. The number of nitrogens with one attached hydrogen (secondary N) is 1. The van der Waals surface area contributed by atoms with Gasteiger partial charge >= 0.3 is 0 Å². The Labute approximate surface area is 159 Å². The van der Waals surface area contributed by atoms with Crippen LogP contribution in [0, 0.1) is 0 Å². The minimum absolute atomic E-state index is 0.190. The number of benzene rings is 2. The third-order valence-corrected chi connectivity index (χ3v) is 4.67. The van der Waals surface area contributed by atoms with Crippen LogP contribution < -0.4 is 20.7 Å². The molecule has 1 amide bonds. The number of fused-ring (bicyclic) bond motifs is 1. The van der Waals surface area contributed by atoms with E-state index in [1.807, 2.05) is 0 Å². The number of amides is 1. The summed E-state index contributed by atoms with van der Waals surface area (Å²) in [5.74, 6) is 0.311. The smallest absolute Gasteiger partial charge is 0.255 e. The molecule has 0 saturated heterocycles. The highest BCUT2D eigenvalue weighted by Gasteiger charge is 2.17. The van der Waals surface area contributed by atoms with Gasteiger partial charge in [-0.05, 0) is 42.7 Å². The Morgan fingerprint density at radius 1 is 1.27 bits per heavy atom. The van der Waals surface area contributed by atoms with Gasteiger partial charge in [0, 0.05) is 36.9 Å². The molecule has 5 nitrogen and oxygen atoms in total. The average Bonchev–Trinajstić information content (AvgIpc) is 2.67. The molecule has 0 saturated carbocycles. The topological polar surface area (TPSA) is 67.6 Å². The van der Waals surface area contributed by atoms with Gasteiger partial charge in [0.15, 0.2) is 0 Å². The Morgan fingerprint density at radius 3 is 2.96 bits per heavy atom. The standard InChI is InChI=1S/C20H24ClN3O2/c21-16-7-8-19(26-13-9-22)17(14-16)20(25)23-10-12-24-11-3-5-15-4-1-2-6-18(15)24/h1-2,4,6-8,14H,3,5,9-13,22H2,(H,23,25). The van der Waals surface area contributed by atoms with Gasteiger partial charge in [-0.25, -0.2) is 0 Å². The first-order valence-electron chi connectivity index (χ1n) is 8.92. The van der Waals surface area contributed by atoms with Gasteiger partial charge in [0.1, 0.15) is 12.4 Å². The number of para-hydroxylation sites is 1. The maximum absolute atomic E-state index is 12.6. The number of hydrogen-bond donors (Lipinski definition) is 2. The van der Waals surface area contributed by atoms with Crippen LogP contribution in [0.5, 0.6) is 5.75 Å². The minimum atomic E-state index is -0.190. The van der Waals surface area contributed by atoms with Crippen molar-refractivity contribution in [3.63, 3.8) is 0 Å². The number of ether oxygens (including phenoxy) is 1. The lowest BCUT2D eigenvalue weighted by Crippen LogP contribution is -2.37. The molecular formula is C20H24ClN3O2. The van der Waals surface area contributed by atoms with E-state index >= 15 is 0 Å². The molecule has 3 N–H and O–H groups in total. The quantitative estimate of drug-likeness (QED) is 0.783. The zero-order valence-corrected chi connectivity index (χ0v) is 15.5. The van der Waals surface area contributed by atoms with Gasteiger partial charge in [-0.15, -0.1) is 0 Å². The summed E-state index contributed by atoms with van der Waals surface area (Å²) in [6, 6.07) is 13.5. The molecule has 0 radical (unpaired) electrons. The first-order valence-corrected chi connectivity index (χ1v) is 9.30. The fourth-order valence-corrected chi connectivity index (χ4v) is 3.39. The van der Waals surface area contributed by atoms with E-state index in [-0.39, 0.29) is 5.91 Å². The van der Waals surface area contributed by atoms with Crippen molar-refractivity contribution >= 4 is 23.2 Å². The van der Waals surface area contributed by atoms with Gasteiger partial charge in [0.25, 0.3) is 5.91 Å². The monoisotopic (exact) mass is 373 g/mol. The maximum atomic E-state index is 12.6. The van der Waals surface area contributed by atoms with Gasteiger partial charge in [-0.1, -0.05) is 29.8 Å². The zero-order valence-electron chi connectivity index (χ0n) is 14.7. The Hall–Kier alpha value is -2.24. The lowest BCUT2D eigenvalue weighted by Gasteiger charge is -2.31. The number of anilines is 1. The Bertz CT molecular complexity index is 766. The molecule has 0 fully saturated rings. The molecule has 138 valence electrons. The molecule has 1 heterocycles. The Kier molecular flexibility index (Phi) is 6.36. The molecule has 0 aliphatic carbocycles. The van der Waals surface area contributed by atoms with Crippen LogP contribution >= 0.6 is 11.6 Å². The summed E-state index contributed by atoms with van der Waals surface area (Å²) in [7, 11) is 0. The molecule has 0 bridgehead atoms. The fourth-order valence-electron chi connectivity index (χ4n) is 3.22. The maximum Gasteiger partial charge on any atom is 0.255 e. The fraction of sp³-hybridized carbons (Fsp3) is 0.350. The summed E-state index contributed by atoms with van der Waals surface area (Å²) >= 11 is 6.04. The van der Waals surface area contributed by atoms with E-state index in [9.17, 15) is 4.79 Å². The van der Waals surface area contributed by atoms with Crippen LogP contribution in [-0.4, -0.2) is 38.7 Å². The summed E-state index contributed by atoms with van der Waals surface area (Å²) in [5.41, 5.74) is 8.55. The van der Waals surface area contributed by atoms with Crippen molar-refractivity contribution in [1.29, 1.82) is 0 Å². The van der Waals surface area contributed by atoms with Gasteiger partial charge in [-0.2, -0.15) is 0 Å². The number of hydrogen-bond acceptors (Lipinski definition) is 4. The highest BCUT2D eigenvalue weighted by molar-refractivity contribution is 6.31. The average molecular weight is 374 g/mol. The molecule has 0 aromatic heterocycles. The van der Waals surface area contributed by atoms with E-state index in [0.29, 0.717) is 36.0 Å². The van der Waals surface area contributed by atoms with E-state index < -0.39 is 0 Å². The molecule has 26 heavy (non-hydrogen) atoms. The highest BCUT2D eigenvalue weighted by Crippen LogP contribution is 2.26. The third-order valence-electron chi connectivity index (χ3n) is 4.44. The van der Waals surface area contributed by atoms with Gasteiger partial charge in [-0.3, -0.25) is 4.79 Å². The van der Waals surface area contributed by atoms with Crippen LogP contribution in [0.25, 0.3) is 0 Å². The van der Waals surface area contributed by atoms with E-state index in [1.165, 1.54) is 11.3 Å². The first kappa shape index (κ1) is 18.5. The number of aryl methyl sites for hydroxylation is 1. The molecule has 2 aromatic rings. The first-order chi connectivity index (χ1) is 12.7. The Morgan fingerprint density at radius 2 is 2.12 bits per heavy atom. The molecule has 0 spiro atoms. The number of rotatable bonds is 7. The molecule has 1 aliphatic rings. The summed E-state index contributed by atoms with van der Waals surface area (Å²) in [6.07, 6.45) is 2.25. The predicted octanol–water partition coefficient (Wildman–Crippen LogP) is 2.86. The second-order valence-corrected chi connectivity index (χ2v) is 6.69. The highest BCUT2D eigenvalue weighted by atomic mass is 35.5. The van der Waals surface area contributed by atoms with Crippen molar-refractivity contribution in [3.8, 4) is 5.75 Å². The van der Waals surface area contributed by atoms with Crippen LogP contribution in [0.4, 0.5) is 5.69 Å². The number of carbonyl (C=O) groups is 1. The summed E-state index contributed by atoms with van der Waals surface area (Å²) in [4.78, 5) is 14.9. The lowest BCUT2D eigenvalue weighted by atomic mass is 10.0. The van der Waals surface area contributed by atoms with Crippen LogP contribution in [0.15, 0.2) is 42.5 Å². The number of carbonyl (C=O) groups excluding carboxylic acids is 1. The van der Waals surface area contributed by atoms with Crippen molar-refractivity contribution < 1.29 is 9.53 Å². The number of nitrogens with two attached hydrogens (primary N) is 1. The van der Waals surface area contributed by atoms with Crippen molar-refractivity contribution in [2.75, 3.05) is 37.7 Å². The van der Waals surface area contributed by atoms with E-state index in [4.69, 9.17) is 22.1 Å². The van der Waals surface area contributed by atoms with Crippen LogP contribution in [0.3, 0.4) is 0 Å². The van der Waals surface area contributed by atoms with E-state index in [2.05, 4.69) is 34.5 Å². The lowest BCUT2D eigenvalue weighted by molar-refractivity contribution is 0.0950. The molecule has 0 unspecified atom stereocenters. The van der Waals surface area contributed by atoms with Gasteiger partial charge in [0.2, 0.25) is 0 Å². The summed E-state index contributed by atoms with van der Waals surface area (Å²) in [6.45, 7) is 3.07. The van der Waals surface area contributed by atoms with Crippen LogP contribution in [0.1, 0.15) is 22.3 Å². The van der Waals surface area contributed by atoms with Crippen LogP contribution in [-0.2, 0) is 6.42 Å². The molecule has 2 aromatic carbocycles. The van der Waals surface area contributed by atoms with E-state index in [1.54, 1.807) is 18.2 Å². The van der Waals surface area contributed by atoms with Crippen LogP contribution in [0.2, 0.25) is 5.02 Å². The van der Waals surface area contributed by atoms with Crippen molar-refractivity contribution in [2.45, 2.75) is 12.8 Å². The van der Waals surface area contributed by atoms with Crippen molar-refractivity contribution in [2.24, 2.45) is 5.73 Å². The van der Waals surface area contributed by atoms with Gasteiger partial charge < -0.3 is 20.7 Å². The second kappa shape index (κ2) is 8.92. The summed E-state index contributed by atoms with van der Waals surface area (Å²) < 4.78 is 5.55. The zero-order chi connectivity index (χ0) is 18.4. The largest absolute Gasteiger partial charge is 0.491 e. The molecule has 1 aliphatic heterocycles. The third kappa shape index (κ3) is 4.48. The van der Waals surface area contributed by atoms with Crippen molar-refractivity contribution in [1.82, 2.24) is 5.32 Å². The molecule has 6 heteroatoms. The van der Waals surface area contributed by atoms with E-state index in [0.717, 1.165) is 25.9 Å². The number of halogens is 1. The van der Waals surface area contributed by atoms with Gasteiger partial charge in [0.05, 0.1) is 5.56 Å². The normalized spacial score (nSPS) is 13.2. The predicted molar refractivity (Wildman–Crippen MR) is 105 cm³/mol. The second-order valence-electron chi connectivity index (χ2n) is 6.25. The SMILES string of the molecule is NCCOc1ccc(Cl)cc1C(=O)NCCN1CCCc2ccccc21. The molecular weight excluding hydrogens is 350 g/mol. The minimum Gasteiger partial charge on any atom is -0.491 e. The molecule has 0 atom stereocenters. The Balaban J connectivity index is 1.61.